The quantitative estimate of drug-likeness (QED) is 0.562. The highest BCUT2D eigenvalue weighted by atomic mass is 16.2. The van der Waals surface area contributed by atoms with Gasteiger partial charge in [0.05, 0.1) is 46.6 Å². The van der Waals surface area contributed by atoms with Gasteiger partial charge in [-0.1, -0.05) is 0 Å². The molecule has 2 heterocycles. The summed E-state index contributed by atoms with van der Waals surface area (Å²) in [5, 5.41) is 5.80. The van der Waals surface area contributed by atoms with Crippen molar-refractivity contribution in [3.63, 3.8) is 0 Å². The molecule has 146 valence electrons. The van der Waals surface area contributed by atoms with Gasteiger partial charge in [-0.05, 0) is 42.8 Å². The van der Waals surface area contributed by atoms with Crippen molar-refractivity contribution in [2.75, 3.05) is 10.6 Å². The highest BCUT2D eigenvalue weighted by Crippen LogP contribution is 2.40. The third-order valence-corrected chi connectivity index (χ3v) is 5.45. The van der Waals surface area contributed by atoms with E-state index in [1.54, 1.807) is 12.7 Å². The van der Waals surface area contributed by atoms with Gasteiger partial charge in [-0.2, -0.15) is 0 Å². The molecule has 0 aliphatic heterocycles. The average molecular weight is 388 g/mol. The van der Waals surface area contributed by atoms with Gasteiger partial charge in [-0.25, -0.2) is 9.97 Å². The number of hydrogen-bond acceptors (Lipinski definition) is 4. The van der Waals surface area contributed by atoms with Gasteiger partial charge in [0.2, 0.25) is 11.8 Å². The Hall–Kier alpha value is -3.68. The number of imidazole rings is 2. The minimum Gasteiger partial charge on any atom is -0.334 e. The molecule has 2 atom stereocenters. The molecule has 1 saturated carbocycles. The van der Waals surface area contributed by atoms with Gasteiger partial charge in [0, 0.05) is 25.5 Å². The fraction of sp³-hybridized carbons (Fsp3) is 0.238. The Morgan fingerprint density at radius 1 is 0.828 bits per heavy atom. The Bertz CT molecular complexity index is 1170. The summed E-state index contributed by atoms with van der Waals surface area (Å²) >= 11 is 0. The monoisotopic (exact) mass is 388 g/mol. The summed E-state index contributed by atoms with van der Waals surface area (Å²) in [6.45, 7) is 0. The van der Waals surface area contributed by atoms with Gasteiger partial charge in [-0.3, -0.25) is 9.59 Å². The second kappa shape index (κ2) is 6.44. The molecule has 8 heteroatoms. The molecule has 2 N–H and O–H groups in total. The van der Waals surface area contributed by atoms with Crippen LogP contribution in [0.2, 0.25) is 0 Å². The van der Waals surface area contributed by atoms with Crippen molar-refractivity contribution >= 4 is 45.3 Å². The van der Waals surface area contributed by atoms with Crippen LogP contribution in [0.1, 0.15) is 6.42 Å². The zero-order chi connectivity index (χ0) is 20.1. The third-order valence-electron chi connectivity index (χ3n) is 5.45. The largest absolute Gasteiger partial charge is 0.334 e. The van der Waals surface area contributed by atoms with Crippen LogP contribution >= 0.6 is 0 Å². The van der Waals surface area contributed by atoms with Crippen molar-refractivity contribution in [1.29, 1.82) is 0 Å². The third kappa shape index (κ3) is 3.12. The molecule has 1 aliphatic rings. The number of amides is 2. The maximum atomic E-state index is 12.5. The van der Waals surface area contributed by atoms with E-state index >= 15 is 0 Å². The Kier molecular flexibility index (Phi) is 3.87. The number of aryl methyl sites for hydroxylation is 2. The Morgan fingerprint density at radius 3 is 1.72 bits per heavy atom. The van der Waals surface area contributed by atoms with Crippen LogP contribution in [0.4, 0.5) is 11.4 Å². The van der Waals surface area contributed by atoms with E-state index in [2.05, 4.69) is 20.6 Å². The number of hydrogen-bond donors (Lipinski definition) is 2. The first-order valence-electron chi connectivity index (χ1n) is 9.43. The Morgan fingerprint density at radius 2 is 1.28 bits per heavy atom. The molecule has 2 unspecified atom stereocenters. The van der Waals surface area contributed by atoms with Gasteiger partial charge >= 0.3 is 0 Å². The average Bonchev–Trinajstić information content (AvgIpc) is 3.33. The number of nitrogens with one attached hydrogen (secondary N) is 2. The summed E-state index contributed by atoms with van der Waals surface area (Å²) in [5.74, 6) is -0.901. The van der Waals surface area contributed by atoms with Gasteiger partial charge in [0.1, 0.15) is 0 Å². The fourth-order valence-corrected chi connectivity index (χ4v) is 3.67. The summed E-state index contributed by atoms with van der Waals surface area (Å²) in [6, 6.07) is 11.2. The predicted octanol–water partition coefficient (Wildman–Crippen LogP) is 2.67. The first kappa shape index (κ1) is 17.4. The number of fused-ring (bicyclic) bond motifs is 2. The molecule has 2 amide bonds. The van der Waals surface area contributed by atoms with E-state index in [9.17, 15) is 9.59 Å². The number of aromatic nitrogens is 4. The number of nitrogens with zero attached hydrogens (tertiary/aromatic N) is 4. The number of rotatable bonds is 4. The van der Waals surface area contributed by atoms with E-state index in [4.69, 9.17) is 0 Å². The summed E-state index contributed by atoms with van der Waals surface area (Å²) in [7, 11) is 3.85. The number of anilines is 2. The standard InChI is InChI=1S/C21H20N6O2/c1-26-10-22-16-7-12(3-5-18(16)26)24-20(28)14-9-15(14)21(29)25-13-4-6-19-17(8-13)23-11-27(19)2/h3-8,10-11,14-15H,9H2,1-2H3,(H,24,28)(H,25,29). The van der Waals surface area contributed by atoms with Crippen molar-refractivity contribution < 1.29 is 9.59 Å². The van der Waals surface area contributed by atoms with Crippen molar-refractivity contribution in [2.24, 2.45) is 25.9 Å². The zero-order valence-electron chi connectivity index (χ0n) is 16.1. The van der Waals surface area contributed by atoms with Crippen molar-refractivity contribution in [3.05, 3.63) is 49.1 Å². The van der Waals surface area contributed by atoms with Crippen LogP contribution in [-0.2, 0) is 23.7 Å². The highest BCUT2D eigenvalue weighted by molar-refractivity contribution is 6.04. The molecule has 0 radical (unpaired) electrons. The van der Waals surface area contributed by atoms with E-state index in [-0.39, 0.29) is 23.7 Å². The normalized spacial score (nSPS) is 18.1. The van der Waals surface area contributed by atoms with Crippen LogP contribution in [0, 0.1) is 11.8 Å². The first-order chi connectivity index (χ1) is 14.0. The van der Waals surface area contributed by atoms with Crippen molar-refractivity contribution in [1.82, 2.24) is 19.1 Å². The predicted molar refractivity (Wildman–Crippen MR) is 110 cm³/mol. The van der Waals surface area contributed by atoms with Gasteiger partial charge < -0.3 is 19.8 Å². The zero-order valence-corrected chi connectivity index (χ0v) is 16.1. The lowest BCUT2D eigenvalue weighted by Gasteiger charge is -2.07. The minimum atomic E-state index is -0.312. The smallest absolute Gasteiger partial charge is 0.228 e. The van der Waals surface area contributed by atoms with Crippen LogP contribution in [0.3, 0.4) is 0 Å². The number of benzene rings is 2. The van der Waals surface area contributed by atoms with Crippen molar-refractivity contribution in [2.45, 2.75) is 6.42 Å². The molecule has 1 fully saturated rings. The molecule has 8 nitrogen and oxygen atoms in total. The SMILES string of the molecule is Cn1cnc2cc(NC(=O)C3CC3C(=O)Nc3ccc4c(c3)ncn4C)ccc21. The van der Waals surface area contributed by atoms with Gasteiger partial charge in [-0.15, -0.1) is 0 Å². The van der Waals surface area contributed by atoms with Gasteiger partial charge in [0.25, 0.3) is 0 Å². The highest BCUT2D eigenvalue weighted by Gasteiger charge is 2.48. The van der Waals surface area contributed by atoms with Crippen molar-refractivity contribution in [3.8, 4) is 0 Å². The molecule has 4 aromatic rings. The maximum absolute atomic E-state index is 12.5. The van der Waals surface area contributed by atoms with E-state index in [0.717, 1.165) is 22.1 Å². The van der Waals surface area contributed by atoms with E-state index < -0.39 is 0 Å². The van der Waals surface area contributed by atoms with E-state index in [0.29, 0.717) is 17.8 Å². The van der Waals surface area contributed by atoms with E-state index in [1.807, 2.05) is 59.6 Å². The lowest BCUT2D eigenvalue weighted by atomic mass is 10.2. The number of carbonyl (C=O) groups excluding carboxylic acids is 2. The van der Waals surface area contributed by atoms with Crippen LogP contribution in [0.5, 0.6) is 0 Å². The summed E-state index contributed by atoms with van der Waals surface area (Å²) in [6.07, 6.45) is 4.02. The molecule has 5 rings (SSSR count). The summed E-state index contributed by atoms with van der Waals surface area (Å²) in [4.78, 5) is 33.7. The summed E-state index contributed by atoms with van der Waals surface area (Å²) in [5.41, 5.74) is 5.01. The molecular weight excluding hydrogens is 368 g/mol. The van der Waals surface area contributed by atoms with Gasteiger partial charge in [0.15, 0.2) is 0 Å². The summed E-state index contributed by atoms with van der Waals surface area (Å²) < 4.78 is 3.84. The topological polar surface area (TPSA) is 93.8 Å². The molecular formula is C21H20N6O2. The lowest BCUT2D eigenvalue weighted by Crippen LogP contribution is -2.20. The van der Waals surface area contributed by atoms with E-state index in [1.165, 1.54) is 0 Å². The first-order valence-corrected chi connectivity index (χ1v) is 9.43. The second-order valence-corrected chi connectivity index (χ2v) is 7.55. The molecule has 29 heavy (non-hydrogen) atoms. The lowest BCUT2D eigenvalue weighted by molar-refractivity contribution is -0.122. The molecule has 0 spiro atoms. The molecule has 0 bridgehead atoms. The van der Waals surface area contributed by atoms with Crippen LogP contribution in [0.25, 0.3) is 22.1 Å². The minimum absolute atomic E-state index is 0.138. The Labute approximate surface area is 166 Å². The van der Waals surface area contributed by atoms with Crippen LogP contribution < -0.4 is 10.6 Å². The Balaban J connectivity index is 1.22. The van der Waals surface area contributed by atoms with Crippen LogP contribution in [0.15, 0.2) is 49.1 Å². The number of carbonyl (C=O) groups is 2. The molecule has 2 aromatic carbocycles. The maximum Gasteiger partial charge on any atom is 0.228 e. The van der Waals surface area contributed by atoms with Crippen LogP contribution in [-0.4, -0.2) is 30.9 Å². The molecule has 2 aromatic heterocycles. The molecule has 1 aliphatic carbocycles. The fourth-order valence-electron chi connectivity index (χ4n) is 3.67. The molecule has 0 saturated heterocycles. The second-order valence-electron chi connectivity index (χ2n) is 7.55.